The molecule has 0 atom stereocenters. The number of aromatic nitrogens is 2. The lowest BCUT2D eigenvalue weighted by atomic mass is 10.1. The molecule has 0 aliphatic carbocycles. The summed E-state index contributed by atoms with van der Waals surface area (Å²) in [4.78, 5) is 14.1. The summed E-state index contributed by atoms with van der Waals surface area (Å²) in [6, 6.07) is 10.3. The van der Waals surface area contributed by atoms with E-state index in [-0.39, 0.29) is 5.91 Å². The number of hydrogen-bond donors (Lipinski definition) is 2. The maximum atomic E-state index is 12.8. The van der Waals surface area contributed by atoms with Crippen LogP contribution in [0.4, 0.5) is 0 Å². The predicted octanol–water partition coefficient (Wildman–Crippen LogP) is 1.32. The van der Waals surface area contributed by atoms with Crippen LogP contribution in [0.1, 0.15) is 47.6 Å². The Morgan fingerprint density at radius 3 is 2.52 bits per heavy atom. The Kier molecular flexibility index (Phi) is 7.19. The number of benzene rings is 1. The standard InChI is InChI=1S/C20H30N4O/c1-5-10-17-19(20(25)21-13-14-23(3)4)18(6-2)24(22-17)15-16-11-8-7-9-12-16/h7-9,11-12H,5-6,10,13-15H2,1-4H3,(H,21,25)/p+1. The van der Waals surface area contributed by atoms with Gasteiger partial charge in [-0.05, 0) is 18.4 Å². The van der Waals surface area contributed by atoms with Crippen LogP contribution in [-0.2, 0) is 19.4 Å². The highest BCUT2D eigenvalue weighted by Gasteiger charge is 2.22. The third kappa shape index (κ3) is 5.16. The van der Waals surface area contributed by atoms with Crippen LogP contribution in [-0.4, -0.2) is 42.9 Å². The van der Waals surface area contributed by atoms with Crippen molar-refractivity contribution in [3.8, 4) is 0 Å². The zero-order chi connectivity index (χ0) is 18.2. The summed E-state index contributed by atoms with van der Waals surface area (Å²) in [5.74, 6) is 0.0147. The van der Waals surface area contributed by atoms with E-state index in [9.17, 15) is 4.79 Å². The molecule has 5 nitrogen and oxygen atoms in total. The van der Waals surface area contributed by atoms with Gasteiger partial charge in [0.1, 0.15) is 0 Å². The van der Waals surface area contributed by atoms with Crippen molar-refractivity contribution < 1.29 is 9.69 Å². The van der Waals surface area contributed by atoms with Gasteiger partial charge in [-0.2, -0.15) is 5.10 Å². The third-order valence-electron chi connectivity index (χ3n) is 4.26. The Bertz CT molecular complexity index is 677. The fourth-order valence-electron chi connectivity index (χ4n) is 2.99. The summed E-state index contributed by atoms with van der Waals surface area (Å²) in [7, 11) is 4.17. The van der Waals surface area contributed by atoms with Gasteiger partial charge in [0.05, 0.1) is 50.7 Å². The molecule has 0 unspecified atom stereocenters. The molecule has 1 heterocycles. The van der Waals surface area contributed by atoms with E-state index in [1.165, 1.54) is 10.5 Å². The van der Waals surface area contributed by atoms with Crippen LogP contribution in [0.5, 0.6) is 0 Å². The number of nitrogens with one attached hydrogen (secondary N) is 2. The Morgan fingerprint density at radius 1 is 1.20 bits per heavy atom. The molecule has 1 amide bonds. The number of quaternary nitrogens is 1. The van der Waals surface area contributed by atoms with Crippen molar-refractivity contribution in [2.75, 3.05) is 27.2 Å². The first-order valence-corrected chi connectivity index (χ1v) is 9.26. The quantitative estimate of drug-likeness (QED) is 0.721. The number of carbonyl (C=O) groups is 1. The monoisotopic (exact) mass is 343 g/mol. The second kappa shape index (κ2) is 9.37. The minimum Gasteiger partial charge on any atom is -0.346 e. The SMILES string of the molecule is CCCc1nn(Cc2ccccc2)c(CC)c1C(=O)NCC[NH+](C)C. The summed E-state index contributed by atoms with van der Waals surface area (Å²) >= 11 is 0. The topological polar surface area (TPSA) is 51.4 Å². The normalized spacial score (nSPS) is 11.1. The first kappa shape index (κ1) is 19.2. The van der Waals surface area contributed by atoms with Crippen molar-refractivity contribution in [3.05, 3.63) is 52.8 Å². The van der Waals surface area contributed by atoms with Crippen LogP contribution in [0.25, 0.3) is 0 Å². The van der Waals surface area contributed by atoms with Gasteiger partial charge in [-0.15, -0.1) is 0 Å². The first-order chi connectivity index (χ1) is 12.1. The van der Waals surface area contributed by atoms with Gasteiger partial charge in [-0.1, -0.05) is 50.6 Å². The number of nitrogens with zero attached hydrogens (tertiary/aromatic N) is 2. The van der Waals surface area contributed by atoms with Crippen molar-refractivity contribution in [3.63, 3.8) is 0 Å². The van der Waals surface area contributed by atoms with E-state index in [0.717, 1.165) is 42.8 Å². The van der Waals surface area contributed by atoms with E-state index >= 15 is 0 Å². The van der Waals surface area contributed by atoms with Crippen LogP contribution in [0, 0.1) is 0 Å². The summed E-state index contributed by atoms with van der Waals surface area (Å²) in [6.07, 6.45) is 2.61. The molecule has 2 aromatic rings. The smallest absolute Gasteiger partial charge is 0.255 e. The van der Waals surface area contributed by atoms with Crippen LogP contribution in [0.3, 0.4) is 0 Å². The van der Waals surface area contributed by atoms with Gasteiger partial charge in [0.15, 0.2) is 0 Å². The van der Waals surface area contributed by atoms with Gasteiger partial charge in [0.25, 0.3) is 5.91 Å². The molecule has 1 aromatic heterocycles. The largest absolute Gasteiger partial charge is 0.346 e. The minimum atomic E-state index is 0.0147. The predicted molar refractivity (Wildman–Crippen MR) is 101 cm³/mol. The van der Waals surface area contributed by atoms with Crippen molar-refractivity contribution in [2.45, 2.75) is 39.7 Å². The van der Waals surface area contributed by atoms with E-state index in [2.05, 4.69) is 45.4 Å². The summed E-state index contributed by atoms with van der Waals surface area (Å²) in [5, 5.41) is 7.85. The highest BCUT2D eigenvalue weighted by Crippen LogP contribution is 2.18. The first-order valence-electron chi connectivity index (χ1n) is 9.26. The number of aryl methyl sites for hydroxylation is 1. The second-order valence-electron chi connectivity index (χ2n) is 6.73. The molecule has 0 fully saturated rings. The number of carbonyl (C=O) groups excluding carboxylic acids is 1. The Hall–Kier alpha value is -2.14. The molecule has 1 aromatic carbocycles. The minimum absolute atomic E-state index is 0.0147. The molecule has 136 valence electrons. The lowest BCUT2D eigenvalue weighted by Crippen LogP contribution is -3.06. The molecule has 0 saturated heterocycles. The number of hydrogen-bond acceptors (Lipinski definition) is 2. The Labute approximate surface area is 151 Å². The van der Waals surface area contributed by atoms with Crippen molar-refractivity contribution in [1.29, 1.82) is 0 Å². The maximum absolute atomic E-state index is 12.8. The fourth-order valence-corrected chi connectivity index (χ4v) is 2.99. The molecule has 0 aliphatic rings. The van der Waals surface area contributed by atoms with Crippen molar-refractivity contribution in [2.24, 2.45) is 0 Å². The van der Waals surface area contributed by atoms with E-state index in [1.807, 2.05) is 22.9 Å². The zero-order valence-corrected chi connectivity index (χ0v) is 15.9. The van der Waals surface area contributed by atoms with E-state index in [0.29, 0.717) is 13.1 Å². The molecule has 2 N–H and O–H groups in total. The molecule has 0 aliphatic heterocycles. The van der Waals surface area contributed by atoms with Crippen molar-refractivity contribution >= 4 is 5.91 Å². The van der Waals surface area contributed by atoms with Gasteiger partial charge in [0, 0.05) is 0 Å². The summed E-state index contributed by atoms with van der Waals surface area (Å²) in [6.45, 7) is 6.51. The maximum Gasteiger partial charge on any atom is 0.255 e. The fraction of sp³-hybridized carbons (Fsp3) is 0.500. The highest BCUT2D eigenvalue weighted by atomic mass is 16.1. The van der Waals surface area contributed by atoms with Gasteiger partial charge in [-0.3, -0.25) is 9.48 Å². The van der Waals surface area contributed by atoms with E-state index < -0.39 is 0 Å². The van der Waals surface area contributed by atoms with Crippen molar-refractivity contribution in [1.82, 2.24) is 15.1 Å². The zero-order valence-electron chi connectivity index (χ0n) is 15.9. The lowest BCUT2D eigenvalue weighted by molar-refractivity contribution is -0.856. The number of amides is 1. The molecule has 5 heteroatoms. The van der Waals surface area contributed by atoms with Gasteiger partial charge in [0.2, 0.25) is 0 Å². The van der Waals surface area contributed by atoms with Gasteiger partial charge >= 0.3 is 0 Å². The Balaban J connectivity index is 2.28. The highest BCUT2D eigenvalue weighted by molar-refractivity contribution is 5.96. The molecule has 0 bridgehead atoms. The average Bonchev–Trinajstić information content (AvgIpc) is 2.92. The number of rotatable bonds is 9. The van der Waals surface area contributed by atoms with Crippen LogP contribution in [0.15, 0.2) is 30.3 Å². The van der Waals surface area contributed by atoms with E-state index in [4.69, 9.17) is 5.10 Å². The molecular formula is C20H31N4O+. The summed E-state index contributed by atoms with van der Waals surface area (Å²) in [5.41, 5.74) is 3.94. The second-order valence-corrected chi connectivity index (χ2v) is 6.73. The number of likely N-dealkylation sites (N-methyl/N-ethyl adjacent to an activating group) is 1. The lowest BCUT2D eigenvalue weighted by Gasteiger charge is -2.10. The van der Waals surface area contributed by atoms with Crippen LogP contribution >= 0.6 is 0 Å². The molecule has 2 rings (SSSR count). The molecule has 0 radical (unpaired) electrons. The Morgan fingerprint density at radius 2 is 1.92 bits per heavy atom. The van der Waals surface area contributed by atoms with Gasteiger partial charge < -0.3 is 10.2 Å². The summed E-state index contributed by atoms with van der Waals surface area (Å²) < 4.78 is 2.01. The molecule has 0 saturated carbocycles. The average molecular weight is 343 g/mol. The third-order valence-corrected chi connectivity index (χ3v) is 4.26. The molecule has 25 heavy (non-hydrogen) atoms. The van der Waals surface area contributed by atoms with Crippen LogP contribution in [0.2, 0.25) is 0 Å². The molecule has 0 spiro atoms. The van der Waals surface area contributed by atoms with Gasteiger partial charge in [-0.25, -0.2) is 0 Å². The van der Waals surface area contributed by atoms with E-state index in [1.54, 1.807) is 0 Å². The van der Waals surface area contributed by atoms with Crippen LogP contribution < -0.4 is 10.2 Å². The molecular weight excluding hydrogens is 312 g/mol.